The van der Waals surface area contributed by atoms with Crippen molar-refractivity contribution in [2.24, 2.45) is 0 Å². The third kappa shape index (κ3) is 3.97. The number of benzene rings is 5. The average Bonchev–Trinajstić information content (AvgIpc) is 3.67. The Hall–Kier alpha value is -4.99. The van der Waals surface area contributed by atoms with Crippen molar-refractivity contribution in [3.05, 3.63) is 133 Å². The smallest absolute Gasteiger partial charge is 0.149 e. The molecule has 6 heteroatoms. The maximum absolute atomic E-state index is 11.4. The van der Waals surface area contributed by atoms with Gasteiger partial charge in [-0.15, -0.1) is 35.4 Å². The fourth-order valence-electron chi connectivity index (χ4n) is 6.62. The van der Waals surface area contributed by atoms with E-state index < -0.39 is 0 Å². The first-order valence-corrected chi connectivity index (χ1v) is 14.4. The Labute approximate surface area is 267 Å². The molecule has 5 nitrogen and oxygen atoms in total. The number of para-hydroxylation sites is 2. The number of fused-ring (bicyclic) bond motifs is 8. The minimum absolute atomic E-state index is 0. The number of phenols is 1. The summed E-state index contributed by atoms with van der Waals surface area (Å²) in [7, 11) is 0. The Morgan fingerprint density at radius 1 is 0.705 bits per heavy atom. The number of aryl methyl sites for hydroxylation is 2. The molecule has 1 aliphatic carbocycles. The second-order valence-corrected chi connectivity index (χ2v) is 11.0. The molecule has 0 aliphatic heterocycles. The molecule has 0 spiro atoms. The number of pyridine rings is 1. The van der Waals surface area contributed by atoms with Gasteiger partial charge in [-0.25, -0.2) is 4.98 Å². The van der Waals surface area contributed by atoms with Gasteiger partial charge in [0, 0.05) is 49.1 Å². The molecule has 0 fully saturated rings. The Morgan fingerprint density at radius 2 is 1.48 bits per heavy atom. The van der Waals surface area contributed by atoms with Crippen LogP contribution in [0.2, 0.25) is 0 Å². The van der Waals surface area contributed by atoms with Crippen LogP contribution in [-0.2, 0) is 33.9 Å². The van der Waals surface area contributed by atoms with Gasteiger partial charge in [-0.2, -0.15) is 0 Å². The van der Waals surface area contributed by atoms with Crippen LogP contribution in [-0.4, -0.2) is 19.6 Å². The van der Waals surface area contributed by atoms with Crippen LogP contribution in [0.15, 0.2) is 120 Å². The summed E-state index contributed by atoms with van der Waals surface area (Å²) in [6.45, 7) is 0. The van der Waals surface area contributed by atoms with Crippen molar-refractivity contribution in [3.8, 4) is 45.5 Å². The Kier molecular flexibility index (Phi) is 6.25. The van der Waals surface area contributed by atoms with Crippen molar-refractivity contribution in [2.45, 2.75) is 12.8 Å². The van der Waals surface area contributed by atoms with Crippen LogP contribution in [0, 0.1) is 6.07 Å². The number of furan rings is 1. The zero-order chi connectivity index (χ0) is 28.5. The summed E-state index contributed by atoms with van der Waals surface area (Å²) < 4.78 is 8.24. The van der Waals surface area contributed by atoms with Crippen molar-refractivity contribution in [3.63, 3.8) is 0 Å². The SMILES string of the molecule is Oc1ccc2oc3ccccc3c2c1-c1nc(-c2nc3c(c4ccccc24)CCc2ccc[c-]c2-3)cn1-c1ccccc1.[Pt]. The van der Waals surface area contributed by atoms with Crippen molar-refractivity contribution in [2.75, 3.05) is 0 Å². The first kappa shape index (κ1) is 26.6. The van der Waals surface area contributed by atoms with E-state index in [0.717, 1.165) is 62.9 Å². The standard InChI is InChI=1S/C38H24N3O2.Pt/c42-31-20-21-33-34(29-16-8-9-17-32(29)43-33)35(31)38-39-30(22-41(38)24-11-2-1-3-12-24)37-27-15-7-6-14-26(27)28-19-18-23-10-4-5-13-25(23)36(28)40-37;/h1-12,14-17,20-22,42H,18-19H2;/q-1;. The number of phenolic OH excluding ortho intramolecular Hbond substituents is 1. The van der Waals surface area contributed by atoms with Gasteiger partial charge in [0.2, 0.25) is 0 Å². The molecular weight excluding hydrogens is 726 g/mol. The zero-order valence-electron chi connectivity index (χ0n) is 23.4. The molecule has 0 atom stereocenters. The molecule has 1 N–H and O–H groups in total. The minimum atomic E-state index is 0. The summed E-state index contributed by atoms with van der Waals surface area (Å²) >= 11 is 0. The molecule has 9 rings (SSSR count). The predicted octanol–water partition coefficient (Wildman–Crippen LogP) is 8.92. The number of rotatable bonds is 3. The first-order valence-electron chi connectivity index (χ1n) is 14.4. The van der Waals surface area contributed by atoms with Crippen LogP contribution in [0.4, 0.5) is 0 Å². The molecule has 0 unspecified atom stereocenters. The van der Waals surface area contributed by atoms with Gasteiger partial charge in [0.25, 0.3) is 0 Å². The molecule has 5 aromatic carbocycles. The summed E-state index contributed by atoms with van der Waals surface area (Å²) in [6.07, 6.45) is 3.94. The summed E-state index contributed by atoms with van der Waals surface area (Å²) in [5, 5.41) is 15.4. The van der Waals surface area contributed by atoms with Crippen LogP contribution in [0.3, 0.4) is 0 Å². The van der Waals surface area contributed by atoms with Crippen molar-refractivity contribution >= 4 is 32.7 Å². The molecular formula is C38H24N3O2Pt-. The Morgan fingerprint density at radius 3 is 2.34 bits per heavy atom. The molecule has 0 bridgehead atoms. The van der Waals surface area contributed by atoms with Crippen LogP contribution >= 0.6 is 0 Å². The normalized spacial score (nSPS) is 12.3. The number of nitrogens with zero attached hydrogens (tertiary/aromatic N) is 3. The monoisotopic (exact) mass is 749 g/mol. The van der Waals surface area contributed by atoms with E-state index in [1.54, 1.807) is 6.07 Å². The molecule has 0 amide bonds. The summed E-state index contributed by atoms with van der Waals surface area (Å²) in [4.78, 5) is 10.6. The van der Waals surface area contributed by atoms with Crippen LogP contribution < -0.4 is 0 Å². The first-order chi connectivity index (χ1) is 21.2. The number of aromatic nitrogens is 3. The van der Waals surface area contributed by atoms with Gasteiger partial charge < -0.3 is 9.52 Å². The van der Waals surface area contributed by atoms with E-state index in [1.807, 2.05) is 83.6 Å². The Bertz CT molecular complexity index is 2370. The maximum atomic E-state index is 11.4. The molecule has 214 valence electrons. The van der Waals surface area contributed by atoms with Gasteiger partial charge >= 0.3 is 0 Å². The quantitative estimate of drug-likeness (QED) is 0.183. The maximum Gasteiger partial charge on any atom is 0.149 e. The molecule has 8 aromatic rings. The van der Waals surface area contributed by atoms with Gasteiger partial charge in [0.05, 0.1) is 11.3 Å². The second-order valence-electron chi connectivity index (χ2n) is 11.0. The van der Waals surface area contributed by atoms with E-state index in [1.165, 1.54) is 16.5 Å². The molecule has 44 heavy (non-hydrogen) atoms. The van der Waals surface area contributed by atoms with Gasteiger partial charge in [-0.3, -0.25) is 9.55 Å². The van der Waals surface area contributed by atoms with E-state index in [4.69, 9.17) is 14.4 Å². The fraction of sp³-hybridized carbons (Fsp3) is 0.0526. The summed E-state index contributed by atoms with van der Waals surface area (Å²) in [6, 6.07) is 39.6. The summed E-state index contributed by atoms with van der Waals surface area (Å²) in [5.41, 5.74) is 9.10. The van der Waals surface area contributed by atoms with E-state index >= 15 is 0 Å². The molecule has 3 heterocycles. The number of hydrogen-bond acceptors (Lipinski definition) is 4. The van der Waals surface area contributed by atoms with E-state index in [0.29, 0.717) is 17.0 Å². The van der Waals surface area contributed by atoms with E-state index in [9.17, 15) is 5.11 Å². The third-order valence-electron chi connectivity index (χ3n) is 8.57. The van der Waals surface area contributed by atoms with E-state index in [2.05, 4.69) is 36.4 Å². The number of aromatic hydroxyl groups is 1. The van der Waals surface area contributed by atoms with Crippen molar-refractivity contribution < 1.29 is 30.6 Å². The van der Waals surface area contributed by atoms with Gasteiger partial charge in [0.1, 0.15) is 28.4 Å². The molecule has 1 aliphatic rings. The molecule has 0 radical (unpaired) electrons. The van der Waals surface area contributed by atoms with Crippen LogP contribution in [0.25, 0.3) is 72.4 Å². The zero-order valence-corrected chi connectivity index (χ0v) is 25.7. The molecule has 0 saturated heterocycles. The van der Waals surface area contributed by atoms with Crippen molar-refractivity contribution in [1.29, 1.82) is 0 Å². The van der Waals surface area contributed by atoms with Crippen LogP contribution in [0.1, 0.15) is 11.1 Å². The van der Waals surface area contributed by atoms with Crippen LogP contribution in [0.5, 0.6) is 5.75 Å². The fourth-order valence-corrected chi connectivity index (χ4v) is 6.62. The van der Waals surface area contributed by atoms with Gasteiger partial charge in [-0.05, 0) is 47.8 Å². The van der Waals surface area contributed by atoms with E-state index in [-0.39, 0.29) is 26.8 Å². The topological polar surface area (TPSA) is 64.1 Å². The average molecular weight is 750 g/mol. The predicted molar refractivity (Wildman–Crippen MR) is 170 cm³/mol. The number of imidazole rings is 1. The Balaban J connectivity index is 0.00000289. The summed E-state index contributed by atoms with van der Waals surface area (Å²) in [5.74, 6) is 0.756. The minimum Gasteiger partial charge on any atom is -0.507 e. The van der Waals surface area contributed by atoms with Crippen molar-refractivity contribution in [1.82, 2.24) is 14.5 Å². The molecule has 0 saturated carbocycles. The van der Waals surface area contributed by atoms with Gasteiger partial charge in [-0.1, -0.05) is 72.6 Å². The number of hydrogen-bond donors (Lipinski definition) is 1. The second kappa shape index (κ2) is 10.3. The largest absolute Gasteiger partial charge is 0.507 e. The molecule has 3 aromatic heterocycles. The van der Waals surface area contributed by atoms with Gasteiger partial charge in [0.15, 0.2) is 0 Å². The third-order valence-corrected chi connectivity index (χ3v) is 8.57.